The first kappa shape index (κ1) is 20.8. The highest BCUT2D eigenvalue weighted by Crippen LogP contribution is 2.40. The van der Waals surface area contributed by atoms with Gasteiger partial charge in [0.15, 0.2) is 5.75 Å². The number of esters is 2. The molecule has 0 aromatic heterocycles. The Morgan fingerprint density at radius 3 is 2.38 bits per heavy atom. The molecule has 0 radical (unpaired) electrons. The van der Waals surface area contributed by atoms with E-state index in [2.05, 4.69) is 4.74 Å². The lowest BCUT2D eigenvalue weighted by Crippen LogP contribution is -2.21. The summed E-state index contributed by atoms with van der Waals surface area (Å²) in [6, 6.07) is 1.15. The van der Waals surface area contributed by atoms with Crippen LogP contribution in [0.15, 0.2) is 6.07 Å². The Morgan fingerprint density at radius 1 is 1.12 bits per heavy atom. The normalized spacial score (nSPS) is 14.3. The smallest absolute Gasteiger partial charge is 0.422 e. The molecule has 0 heterocycles. The van der Waals surface area contributed by atoms with Crippen molar-refractivity contribution in [3.63, 3.8) is 0 Å². The molecule has 6 nitrogen and oxygen atoms in total. The summed E-state index contributed by atoms with van der Waals surface area (Å²) in [6.45, 7) is 0.155. The van der Waals surface area contributed by atoms with Crippen molar-refractivity contribution in [2.75, 3.05) is 6.61 Å². The van der Waals surface area contributed by atoms with Crippen LogP contribution in [0.2, 0.25) is 15.1 Å². The van der Waals surface area contributed by atoms with Gasteiger partial charge in [-0.2, -0.15) is 0 Å². The van der Waals surface area contributed by atoms with Crippen LogP contribution in [0.1, 0.15) is 48.9 Å². The van der Waals surface area contributed by atoms with E-state index < -0.39 is 23.7 Å². The molecule has 0 bridgehead atoms. The topological polar surface area (TPSA) is 89.9 Å². The molecule has 0 atom stereocenters. The minimum absolute atomic E-state index is 0.0512. The number of carbonyl (C=O) groups is 3. The zero-order chi connectivity index (χ0) is 19.3. The van der Waals surface area contributed by atoms with Gasteiger partial charge in [-0.05, 0) is 24.8 Å². The summed E-state index contributed by atoms with van der Waals surface area (Å²) in [6.07, 6.45) is 6.50. The lowest BCUT2D eigenvalue weighted by molar-refractivity contribution is -0.158. The molecule has 1 aromatic rings. The van der Waals surface area contributed by atoms with Gasteiger partial charge in [-0.3, -0.25) is 0 Å². The average Bonchev–Trinajstić information content (AvgIpc) is 3.09. The minimum atomic E-state index is -1.84. The van der Waals surface area contributed by atoms with Crippen molar-refractivity contribution in [1.29, 1.82) is 0 Å². The van der Waals surface area contributed by atoms with Crippen LogP contribution in [-0.2, 0) is 14.3 Å². The van der Waals surface area contributed by atoms with Crippen molar-refractivity contribution in [1.82, 2.24) is 0 Å². The van der Waals surface area contributed by atoms with Crippen LogP contribution in [0.5, 0.6) is 5.75 Å². The zero-order valence-electron chi connectivity index (χ0n) is 13.7. The Bertz CT molecular complexity index is 713. The highest BCUT2D eigenvalue weighted by atomic mass is 35.5. The Labute approximate surface area is 165 Å². The van der Waals surface area contributed by atoms with E-state index in [1.807, 2.05) is 0 Å². The first-order valence-corrected chi connectivity index (χ1v) is 9.24. The van der Waals surface area contributed by atoms with Crippen LogP contribution in [0.4, 0.5) is 0 Å². The molecule has 0 aliphatic heterocycles. The summed E-state index contributed by atoms with van der Waals surface area (Å²) in [4.78, 5) is 34.4. The van der Waals surface area contributed by atoms with Gasteiger partial charge in [-0.15, -0.1) is 0 Å². The summed E-state index contributed by atoms with van der Waals surface area (Å²) in [5, 5.41) is 8.16. The molecule has 0 unspecified atom stereocenters. The number of aliphatic carboxylic acids is 1. The maximum absolute atomic E-state index is 12.4. The lowest BCUT2D eigenvalue weighted by Gasteiger charge is -2.14. The van der Waals surface area contributed by atoms with E-state index in [1.165, 1.54) is 25.7 Å². The Balaban J connectivity index is 2.10. The molecule has 1 aliphatic carbocycles. The zero-order valence-corrected chi connectivity index (χ0v) is 16.0. The molecule has 0 saturated heterocycles. The molecule has 142 valence electrons. The first-order valence-electron chi connectivity index (χ1n) is 8.11. The van der Waals surface area contributed by atoms with Crippen molar-refractivity contribution in [2.24, 2.45) is 5.92 Å². The van der Waals surface area contributed by atoms with E-state index in [-0.39, 0.29) is 27.2 Å². The summed E-state index contributed by atoms with van der Waals surface area (Å²) < 4.78 is 9.85. The molecule has 2 rings (SSSR count). The first-order chi connectivity index (χ1) is 12.3. The van der Waals surface area contributed by atoms with Gasteiger partial charge in [-0.1, -0.05) is 60.5 Å². The van der Waals surface area contributed by atoms with Crippen molar-refractivity contribution >= 4 is 52.7 Å². The van der Waals surface area contributed by atoms with Gasteiger partial charge in [0.05, 0.1) is 21.7 Å². The predicted molar refractivity (Wildman–Crippen MR) is 96.2 cm³/mol. The molecule has 1 saturated carbocycles. The molecule has 9 heteroatoms. The van der Waals surface area contributed by atoms with E-state index in [4.69, 9.17) is 44.6 Å². The van der Waals surface area contributed by atoms with E-state index >= 15 is 0 Å². The largest absolute Gasteiger partial charge is 0.473 e. The molecule has 1 aliphatic rings. The quantitative estimate of drug-likeness (QED) is 0.233. The molecule has 26 heavy (non-hydrogen) atoms. The molecule has 0 amide bonds. The summed E-state index contributed by atoms with van der Waals surface area (Å²) in [5.41, 5.74) is -0.375. The van der Waals surface area contributed by atoms with Crippen molar-refractivity contribution < 1.29 is 29.0 Å². The maximum atomic E-state index is 12.4. The maximum Gasteiger partial charge on any atom is 0.422 e. The SMILES string of the molecule is O=C(O)C(=O)Oc1c(Cl)cc(Cl)c(Cl)c1C(=O)OCCCC1CCCC1. The number of hydrogen-bond acceptors (Lipinski definition) is 5. The third-order valence-corrected chi connectivity index (χ3v) is 5.23. The van der Waals surface area contributed by atoms with Gasteiger partial charge in [0.1, 0.15) is 5.56 Å². The van der Waals surface area contributed by atoms with E-state index in [0.29, 0.717) is 12.3 Å². The van der Waals surface area contributed by atoms with Crippen molar-refractivity contribution in [3.8, 4) is 5.75 Å². The summed E-state index contributed by atoms with van der Waals surface area (Å²) >= 11 is 17.8. The van der Waals surface area contributed by atoms with Gasteiger partial charge < -0.3 is 14.6 Å². The number of carboxylic acids is 1. The predicted octanol–water partition coefficient (Wildman–Crippen LogP) is 4.76. The Morgan fingerprint density at radius 2 is 1.77 bits per heavy atom. The Kier molecular flexibility index (Phi) is 7.55. The fraction of sp³-hybridized carbons (Fsp3) is 0.471. The number of benzene rings is 1. The fourth-order valence-electron chi connectivity index (χ4n) is 2.91. The second-order valence-electron chi connectivity index (χ2n) is 5.98. The van der Waals surface area contributed by atoms with Crippen molar-refractivity contribution in [3.05, 3.63) is 26.7 Å². The van der Waals surface area contributed by atoms with Crippen LogP contribution < -0.4 is 4.74 Å². The van der Waals surface area contributed by atoms with Gasteiger partial charge in [0, 0.05) is 0 Å². The average molecular weight is 424 g/mol. The third kappa shape index (κ3) is 5.25. The molecular weight excluding hydrogens is 407 g/mol. The standard InChI is InChI=1S/C17H17Cl3O6/c18-10-8-11(19)14(26-17(24)15(21)22)12(13(10)20)16(23)25-7-3-6-9-4-1-2-5-9/h8-9H,1-7H2,(H,21,22). The number of halogens is 3. The highest BCUT2D eigenvalue weighted by Gasteiger charge is 2.28. The van der Waals surface area contributed by atoms with Crippen LogP contribution in [-0.4, -0.2) is 29.6 Å². The van der Waals surface area contributed by atoms with Gasteiger partial charge in [0.2, 0.25) is 0 Å². The summed E-state index contributed by atoms with van der Waals surface area (Å²) in [7, 11) is 0. The lowest BCUT2D eigenvalue weighted by atomic mass is 10.0. The second-order valence-corrected chi connectivity index (χ2v) is 7.17. The minimum Gasteiger partial charge on any atom is -0.473 e. The fourth-order valence-corrected chi connectivity index (χ4v) is 3.62. The number of carbonyl (C=O) groups excluding carboxylic acids is 2. The Hall–Kier alpha value is -1.50. The number of hydrogen-bond donors (Lipinski definition) is 1. The molecule has 1 fully saturated rings. The van der Waals surface area contributed by atoms with Crippen LogP contribution in [0.3, 0.4) is 0 Å². The highest BCUT2D eigenvalue weighted by molar-refractivity contribution is 6.46. The van der Waals surface area contributed by atoms with E-state index in [9.17, 15) is 14.4 Å². The molecule has 1 aromatic carbocycles. The molecule has 0 spiro atoms. The third-order valence-electron chi connectivity index (χ3n) is 4.16. The van der Waals surface area contributed by atoms with Gasteiger partial charge in [-0.25, -0.2) is 14.4 Å². The van der Waals surface area contributed by atoms with E-state index in [1.54, 1.807) is 0 Å². The van der Waals surface area contributed by atoms with Crippen molar-refractivity contribution in [2.45, 2.75) is 38.5 Å². The van der Waals surface area contributed by atoms with Crippen LogP contribution in [0.25, 0.3) is 0 Å². The van der Waals surface area contributed by atoms with Gasteiger partial charge >= 0.3 is 17.9 Å². The number of rotatable bonds is 6. The van der Waals surface area contributed by atoms with E-state index in [0.717, 1.165) is 12.5 Å². The summed E-state index contributed by atoms with van der Waals surface area (Å²) in [5.74, 6) is -4.18. The number of ether oxygens (including phenoxy) is 2. The monoisotopic (exact) mass is 422 g/mol. The van der Waals surface area contributed by atoms with Crippen LogP contribution in [0, 0.1) is 5.92 Å². The van der Waals surface area contributed by atoms with Crippen LogP contribution >= 0.6 is 34.8 Å². The van der Waals surface area contributed by atoms with Gasteiger partial charge in [0.25, 0.3) is 0 Å². The second kappa shape index (κ2) is 9.44. The molecule has 1 N–H and O–H groups in total. The number of carboxylic acid groups (broad SMARTS) is 1. The molecular formula is C17H17Cl3O6.